The average Bonchev–Trinajstić information content (AvgIpc) is 2.54. The van der Waals surface area contributed by atoms with Crippen molar-refractivity contribution in [2.75, 3.05) is 19.0 Å². The highest BCUT2D eigenvalue weighted by molar-refractivity contribution is 9.10. The third-order valence-electron chi connectivity index (χ3n) is 2.93. The number of hydrogen-bond donors (Lipinski definition) is 2. The third kappa shape index (κ3) is 4.71. The molecule has 0 aliphatic carbocycles. The van der Waals surface area contributed by atoms with Crippen molar-refractivity contribution in [1.29, 1.82) is 0 Å². The van der Waals surface area contributed by atoms with E-state index in [2.05, 4.69) is 26.6 Å². The predicted octanol–water partition coefficient (Wildman–Crippen LogP) is 3.48. The van der Waals surface area contributed by atoms with Crippen molar-refractivity contribution in [3.63, 3.8) is 0 Å². The molecule has 23 heavy (non-hydrogen) atoms. The molecule has 5 nitrogen and oxygen atoms in total. The van der Waals surface area contributed by atoms with Gasteiger partial charge in [0.1, 0.15) is 5.75 Å². The quantitative estimate of drug-likeness (QED) is 0.812. The van der Waals surface area contributed by atoms with Crippen molar-refractivity contribution in [2.24, 2.45) is 0 Å². The highest BCUT2D eigenvalue weighted by atomic mass is 79.9. The molecule has 0 aromatic heterocycles. The number of para-hydroxylation sites is 1. The van der Waals surface area contributed by atoms with Gasteiger partial charge in [-0.1, -0.05) is 39.7 Å². The van der Waals surface area contributed by atoms with E-state index in [9.17, 15) is 9.59 Å². The van der Waals surface area contributed by atoms with Crippen LogP contribution in [0.25, 0.3) is 0 Å². The van der Waals surface area contributed by atoms with Crippen LogP contribution in [0.5, 0.6) is 5.75 Å². The molecular weight excluding hydrogens is 384 g/mol. The van der Waals surface area contributed by atoms with Crippen molar-refractivity contribution in [1.82, 2.24) is 5.32 Å². The minimum Gasteiger partial charge on any atom is -0.482 e. The lowest BCUT2D eigenvalue weighted by atomic mass is 10.1. The second-order valence-corrected chi connectivity index (χ2v) is 5.86. The Bertz CT molecular complexity index is 737. The molecule has 2 aromatic rings. The first-order valence-corrected chi connectivity index (χ1v) is 7.87. The van der Waals surface area contributed by atoms with E-state index in [4.69, 9.17) is 16.3 Å². The summed E-state index contributed by atoms with van der Waals surface area (Å²) >= 11 is 9.31. The first kappa shape index (κ1) is 17.3. The Labute approximate surface area is 147 Å². The fourth-order valence-electron chi connectivity index (χ4n) is 1.85. The summed E-state index contributed by atoms with van der Waals surface area (Å²) in [6, 6.07) is 11.8. The van der Waals surface area contributed by atoms with Gasteiger partial charge < -0.3 is 15.4 Å². The number of ether oxygens (including phenoxy) is 1. The van der Waals surface area contributed by atoms with Gasteiger partial charge in [0.2, 0.25) is 0 Å². The molecule has 0 aliphatic heterocycles. The van der Waals surface area contributed by atoms with Crippen LogP contribution in [0.15, 0.2) is 46.9 Å². The minimum atomic E-state index is -0.389. The van der Waals surface area contributed by atoms with Crippen LogP contribution >= 0.6 is 27.5 Å². The van der Waals surface area contributed by atoms with E-state index in [0.717, 1.165) is 4.47 Å². The summed E-state index contributed by atoms with van der Waals surface area (Å²) < 4.78 is 6.21. The smallest absolute Gasteiger partial charge is 0.262 e. The van der Waals surface area contributed by atoms with Gasteiger partial charge in [-0.3, -0.25) is 9.59 Å². The van der Waals surface area contributed by atoms with Crippen LogP contribution in [-0.2, 0) is 4.79 Å². The van der Waals surface area contributed by atoms with Gasteiger partial charge in [0.05, 0.1) is 16.3 Å². The molecule has 2 rings (SSSR count). The topological polar surface area (TPSA) is 67.4 Å². The lowest BCUT2D eigenvalue weighted by Gasteiger charge is -2.11. The van der Waals surface area contributed by atoms with Crippen LogP contribution in [0.4, 0.5) is 5.69 Å². The predicted molar refractivity (Wildman–Crippen MR) is 93.1 cm³/mol. The van der Waals surface area contributed by atoms with Crippen LogP contribution in [0.2, 0.25) is 5.02 Å². The summed E-state index contributed by atoms with van der Waals surface area (Å²) in [6.45, 7) is -0.219. The second-order valence-electron chi connectivity index (χ2n) is 4.54. The summed E-state index contributed by atoms with van der Waals surface area (Å²) in [5.74, 6) is -0.261. The molecule has 2 aromatic carbocycles. The number of carbonyl (C=O) groups excluding carboxylic acids is 2. The van der Waals surface area contributed by atoms with Gasteiger partial charge in [-0.05, 0) is 30.3 Å². The maximum atomic E-state index is 12.0. The Morgan fingerprint density at radius 3 is 2.65 bits per heavy atom. The summed E-state index contributed by atoms with van der Waals surface area (Å²) in [7, 11) is 1.53. The molecule has 2 amide bonds. The van der Waals surface area contributed by atoms with E-state index >= 15 is 0 Å². The second kappa shape index (κ2) is 7.99. The SMILES string of the molecule is CNC(=O)c1ccccc1NC(=O)COc1ccc(Br)cc1Cl. The summed E-state index contributed by atoms with van der Waals surface area (Å²) in [6.07, 6.45) is 0. The molecular formula is C16H14BrClN2O3. The number of carbonyl (C=O) groups is 2. The zero-order chi connectivity index (χ0) is 16.8. The van der Waals surface area contributed by atoms with Crippen molar-refractivity contribution >= 4 is 45.0 Å². The van der Waals surface area contributed by atoms with E-state index in [1.807, 2.05) is 0 Å². The Kier molecular flexibility index (Phi) is 6.01. The van der Waals surface area contributed by atoms with Crippen LogP contribution in [0.3, 0.4) is 0 Å². The first-order valence-electron chi connectivity index (χ1n) is 6.70. The first-order chi connectivity index (χ1) is 11.0. The van der Waals surface area contributed by atoms with Crippen LogP contribution in [0.1, 0.15) is 10.4 Å². The molecule has 7 heteroatoms. The van der Waals surface area contributed by atoms with E-state index in [-0.39, 0.29) is 18.4 Å². The molecule has 0 fully saturated rings. The van der Waals surface area contributed by atoms with Crippen LogP contribution in [0, 0.1) is 0 Å². The largest absolute Gasteiger partial charge is 0.482 e. The van der Waals surface area contributed by atoms with E-state index in [0.29, 0.717) is 22.0 Å². The summed E-state index contributed by atoms with van der Waals surface area (Å²) in [5.41, 5.74) is 0.798. The van der Waals surface area contributed by atoms with Gasteiger partial charge in [-0.2, -0.15) is 0 Å². The number of nitrogens with one attached hydrogen (secondary N) is 2. The number of benzene rings is 2. The summed E-state index contributed by atoms with van der Waals surface area (Å²) in [4.78, 5) is 23.8. The van der Waals surface area contributed by atoms with E-state index < -0.39 is 0 Å². The number of anilines is 1. The van der Waals surface area contributed by atoms with Crippen molar-refractivity contribution in [2.45, 2.75) is 0 Å². The van der Waals surface area contributed by atoms with Gasteiger partial charge in [-0.25, -0.2) is 0 Å². The maximum absolute atomic E-state index is 12.0. The van der Waals surface area contributed by atoms with Gasteiger partial charge in [0.15, 0.2) is 6.61 Å². The highest BCUT2D eigenvalue weighted by Crippen LogP contribution is 2.27. The molecule has 0 saturated heterocycles. The minimum absolute atomic E-state index is 0.219. The molecule has 0 radical (unpaired) electrons. The number of halogens is 2. The Balaban J connectivity index is 2.01. The van der Waals surface area contributed by atoms with Gasteiger partial charge in [0, 0.05) is 11.5 Å². The fourth-order valence-corrected chi connectivity index (χ4v) is 2.57. The zero-order valence-electron chi connectivity index (χ0n) is 12.2. The molecule has 2 N–H and O–H groups in total. The number of amides is 2. The normalized spacial score (nSPS) is 10.0. The number of rotatable bonds is 5. The van der Waals surface area contributed by atoms with E-state index in [1.54, 1.807) is 42.5 Å². The standard InChI is InChI=1S/C16H14BrClN2O3/c1-19-16(22)11-4-2-3-5-13(11)20-15(21)9-23-14-7-6-10(17)8-12(14)18/h2-8H,9H2,1H3,(H,19,22)(H,20,21). The Morgan fingerprint density at radius 1 is 1.22 bits per heavy atom. The molecule has 0 unspecified atom stereocenters. The van der Waals surface area contributed by atoms with Crippen molar-refractivity contribution < 1.29 is 14.3 Å². The Morgan fingerprint density at radius 2 is 1.96 bits per heavy atom. The maximum Gasteiger partial charge on any atom is 0.262 e. The molecule has 0 heterocycles. The van der Waals surface area contributed by atoms with Crippen LogP contribution < -0.4 is 15.4 Å². The molecule has 0 aliphatic rings. The molecule has 0 spiro atoms. The van der Waals surface area contributed by atoms with Gasteiger partial charge in [0.25, 0.3) is 11.8 Å². The molecule has 0 atom stereocenters. The van der Waals surface area contributed by atoms with Crippen molar-refractivity contribution in [3.05, 3.63) is 57.5 Å². The van der Waals surface area contributed by atoms with Gasteiger partial charge >= 0.3 is 0 Å². The zero-order valence-corrected chi connectivity index (χ0v) is 14.6. The highest BCUT2D eigenvalue weighted by Gasteiger charge is 2.12. The Hall–Kier alpha value is -2.05. The number of hydrogen-bond acceptors (Lipinski definition) is 3. The van der Waals surface area contributed by atoms with Crippen LogP contribution in [-0.4, -0.2) is 25.5 Å². The molecule has 120 valence electrons. The molecule has 0 saturated carbocycles. The average molecular weight is 398 g/mol. The fraction of sp³-hybridized carbons (Fsp3) is 0.125. The third-order valence-corrected chi connectivity index (χ3v) is 3.71. The monoisotopic (exact) mass is 396 g/mol. The van der Waals surface area contributed by atoms with E-state index in [1.165, 1.54) is 7.05 Å². The molecule has 0 bridgehead atoms. The van der Waals surface area contributed by atoms with Crippen molar-refractivity contribution in [3.8, 4) is 5.75 Å². The lowest BCUT2D eigenvalue weighted by molar-refractivity contribution is -0.118. The lowest BCUT2D eigenvalue weighted by Crippen LogP contribution is -2.24. The van der Waals surface area contributed by atoms with Gasteiger partial charge in [-0.15, -0.1) is 0 Å². The summed E-state index contributed by atoms with van der Waals surface area (Å²) in [5, 5.41) is 5.57.